The van der Waals surface area contributed by atoms with Crippen molar-refractivity contribution in [2.75, 3.05) is 20.2 Å². The van der Waals surface area contributed by atoms with Crippen LogP contribution < -0.4 is 4.74 Å². The smallest absolute Gasteiger partial charge is 0.137 e. The third kappa shape index (κ3) is 5.07. The molecule has 3 heteroatoms. The first kappa shape index (κ1) is 15.9. The minimum Gasteiger partial charge on any atom is -0.490 e. The van der Waals surface area contributed by atoms with Crippen molar-refractivity contribution in [3.05, 3.63) is 65.2 Å². The number of benzene rings is 2. The molecule has 0 N–H and O–H groups in total. The van der Waals surface area contributed by atoms with E-state index in [0.29, 0.717) is 17.7 Å². The minimum absolute atomic E-state index is 0.338. The van der Waals surface area contributed by atoms with Crippen molar-refractivity contribution in [2.24, 2.45) is 0 Å². The van der Waals surface area contributed by atoms with Crippen LogP contribution in [-0.2, 0) is 6.42 Å². The number of hydrogen-bond donors (Lipinski definition) is 0. The molecule has 0 aliphatic carbocycles. The van der Waals surface area contributed by atoms with Crippen LogP contribution in [0.2, 0.25) is 5.02 Å². The molecule has 0 radical (unpaired) electrons. The Hall–Kier alpha value is -1.51. The van der Waals surface area contributed by atoms with Crippen molar-refractivity contribution < 1.29 is 4.74 Å². The molecule has 0 aromatic heterocycles. The van der Waals surface area contributed by atoms with Crippen LogP contribution >= 0.6 is 11.6 Å². The molecular formula is C18H22ClNO. The lowest BCUT2D eigenvalue weighted by atomic mass is 10.1. The number of hydrogen-bond acceptors (Lipinski definition) is 2. The van der Waals surface area contributed by atoms with Crippen LogP contribution in [0, 0.1) is 0 Å². The highest BCUT2D eigenvalue weighted by Crippen LogP contribution is 2.23. The van der Waals surface area contributed by atoms with Gasteiger partial charge in [-0.15, -0.1) is 0 Å². The van der Waals surface area contributed by atoms with Gasteiger partial charge in [0.1, 0.15) is 12.4 Å². The maximum Gasteiger partial charge on any atom is 0.137 e. The average Bonchev–Trinajstić information content (AvgIpc) is 2.52. The standard InChI is InChI=1S/C18H22ClNO/c1-15(14-21-18-11-7-6-10-17(18)19)20(2)13-12-16-8-4-3-5-9-16/h3-11,15H,12-14H2,1-2H3. The van der Waals surface area contributed by atoms with Gasteiger partial charge in [0.15, 0.2) is 0 Å². The van der Waals surface area contributed by atoms with E-state index in [2.05, 4.69) is 43.1 Å². The van der Waals surface area contributed by atoms with Gasteiger partial charge >= 0.3 is 0 Å². The number of para-hydroxylation sites is 1. The van der Waals surface area contributed by atoms with Crippen LogP contribution in [0.3, 0.4) is 0 Å². The monoisotopic (exact) mass is 303 g/mol. The zero-order chi connectivity index (χ0) is 15.1. The summed E-state index contributed by atoms with van der Waals surface area (Å²) in [6.45, 7) is 3.81. The van der Waals surface area contributed by atoms with Crippen molar-refractivity contribution in [1.29, 1.82) is 0 Å². The van der Waals surface area contributed by atoms with Crippen molar-refractivity contribution in [1.82, 2.24) is 4.90 Å². The van der Waals surface area contributed by atoms with Crippen molar-refractivity contribution >= 4 is 11.6 Å². The molecule has 1 unspecified atom stereocenters. The molecule has 0 heterocycles. The molecule has 0 amide bonds. The zero-order valence-corrected chi connectivity index (χ0v) is 13.4. The second kappa shape index (κ2) is 8.06. The lowest BCUT2D eigenvalue weighted by Crippen LogP contribution is -2.35. The van der Waals surface area contributed by atoms with E-state index in [9.17, 15) is 0 Å². The fraction of sp³-hybridized carbons (Fsp3) is 0.333. The number of nitrogens with zero attached hydrogens (tertiary/aromatic N) is 1. The van der Waals surface area contributed by atoms with Gasteiger partial charge in [0.25, 0.3) is 0 Å². The zero-order valence-electron chi connectivity index (χ0n) is 12.6. The van der Waals surface area contributed by atoms with E-state index in [1.165, 1.54) is 5.56 Å². The molecule has 0 bridgehead atoms. The Morgan fingerprint density at radius 3 is 2.43 bits per heavy atom. The maximum absolute atomic E-state index is 6.09. The van der Waals surface area contributed by atoms with Crippen molar-refractivity contribution in [3.63, 3.8) is 0 Å². The summed E-state index contributed by atoms with van der Waals surface area (Å²) < 4.78 is 5.80. The molecule has 2 nitrogen and oxygen atoms in total. The Bertz CT molecular complexity index is 544. The van der Waals surface area contributed by atoms with Crippen molar-refractivity contribution in [2.45, 2.75) is 19.4 Å². The Morgan fingerprint density at radius 2 is 1.71 bits per heavy atom. The summed E-state index contributed by atoms with van der Waals surface area (Å²) >= 11 is 6.09. The predicted octanol–water partition coefficient (Wildman–Crippen LogP) is 4.28. The molecular weight excluding hydrogens is 282 g/mol. The molecule has 0 spiro atoms. The minimum atomic E-state index is 0.338. The van der Waals surface area contributed by atoms with E-state index in [1.807, 2.05) is 30.3 Å². The van der Waals surface area contributed by atoms with Gasteiger partial charge < -0.3 is 4.74 Å². The SMILES string of the molecule is CC(COc1ccccc1Cl)N(C)CCc1ccccc1. The first-order valence-corrected chi connectivity index (χ1v) is 7.66. The molecule has 2 aromatic rings. The molecule has 0 fully saturated rings. The van der Waals surface area contributed by atoms with E-state index in [0.717, 1.165) is 18.7 Å². The van der Waals surface area contributed by atoms with Crippen LogP contribution in [-0.4, -0.2) is 31.1 Å². The topological polar surface area (TPSA) is 12.5 Å². The fourth-order valence-corrected chi connectivity index (χ4v) is 2.26. The van der Waals surface area contributed by atoms with E-state index in [4.69, 9.17) is 16.3 Å². The summed E-state index contributed by atoms with van der Waals surface area (Å²) in [6.07, 6.45) is 1.05. The van der Waals surface area contributed by atoms with Gasteiger partial charge in [0, 0.05) is 12.6 Å². The number of rotatable bonds is 7. The predicted molar refractivity (Wildman–Crippen MR) is 89.2 cm³/mol. The molecule has 2 aromatic carbocycles. The lowest BCUT2D eigenvalue weighted by Gasteiger charge is -2.25. The van der Waals surface area contributed by atoms with Crippen LogP contribution in [0.4, 0.5) is 0 Å². The molecule has 0 aliphatic rings. The van der Waals surface area contributed by atoms with Gasteiger partial charge in [-0.1, -0.05) is 54.1 Å². The second-order valence-corrected chi connectivity index (χ2v) is 5.71. The highest BCUT2D eigenvalue weighted by Gasteiger charge is 2.10. The second-order valence-electron chi connectivity index (χ2n) is 5.31. The van der Waals surface area contributed by atoms with Gasteiger partial charge in [0.05, 0.1) is 5.02 Å². The van der Waals surface area contributed by atoms with Crippen LogP contribution in [0.5, 0.6) is 5.75 Å². The molecule has 1 atom stereocenters. The van der Waals surface area contributed by atoms with E-state index >= 15 is 0 Å². The summed E-state index contributed by atoms with van der Waals surface area (Å²) in [6, 6.07) is 18.5. The molecule has 21 heavy (non-hydrogen) atoms. The third-order valence-corrected chi connectivity index (χ3v) is 3.98. The third-order valence-electron chi connectivity index (χ3n) is 3.67. The Balaban J connectivity index is 1.77. The number of halogens is 1. The largest absolute Gasteiger partial charge is 0.490 e. The van der Waals surface area contributed by atoms with Crippen LogP contribution in [0.1, 0.15) is 12.5 Å². The van der Waals surface area contributed by atoms with E-state index < -0.39 is 0 Å². The van der Waals surface area contributed by atoms with Gasteiger partial charge in [-0.2, -0.15) is 0 Å². The number of likely N-dealkylation sites (N-methyl/N-ethyl adjacent to an activating group) is 1. The van der Waals surface area contributed by atoms with Gasteiger partial charge in [-0.05, 0) is 38.1 Å². The van der Waals surface area contributed by atoms with Gasteiger partial charge in [-0.3, -0.25) is 4.90 Å². The number of ether oxygens (including phenoxy) is 1. The quantitative estimate of drug-likeness (QED) is 0.757. The highest BCUT2D eigenvalue weighted by atomic mass is 35.5. The summed E-state index contributed by atoms with van der Waals surface area (Å²) in [5.74, 6) is 0.752. The first-order chi connectivity index (χ1) is 10.2. The fourth-order valence-electron chi connectivity index (χ4n) is 2.07. The molecule has 2 rings (SSSR count). The van der Waals surface area contributed by atoms with Crippen LogP contribution in [0.25, 0.3) is 0 Å². The lowest BCUT2D eigenvalue weighted by molar-refractivity contribution is 0.174. The first-order valence-electron chi connectivity index (χ1n) is 7.28. The summed E-state index contributed by atoms with van der Waals surface area (Å²) in [5, 5.41) is 0.664. The summed E-state index contributed by atoms with van der Waals surface area (Å²) in [4.78, 5) is 2.31. The molecule has 0 saturated carbocycles. The van der Waals surface area contributed by atoms with Gasteiger partial charge in [0.2, 0.25) is 0 Å². The maximum atomic E-state index is 6.09. The Morgan fingerprint density at radius 1 is 1.05 bits per heavy atom. The average molecular weight is 304 g/mol. The van der Waals surface area contributed by atoms with Gasteiger partial charge in [-0.25, -0.2) is 0 Å². The van der Waals surface area contributed by atoms with E-state index in [-0.39, 0.29) is 0 Å². The molecule has 112 valence electrons. The Kier molecular flexibility index (Phi) is 6.09. The van der Waals surface area contributed by atoms with E-state index in [1.54, 1.807) is 0 Å². The normalized spacial score (nSPS) is 12.4. The van der Waals surface area contributed by atoms with Crippen LogP contribution in [0.15, 0.2) is 54.6 Å². The summed E-state index contributed by atoms with van der Waals surface area (Å²) in [7, 11) is 2.13. The summed E-state index contributed by atoms with van der Waals surface area (Å²) in [5.41, 5.74) is 1.36. The van der Waals surface area contributed by atoms with Crippen molar-refractivity contribution in [3.8, 4) is 5.75 Å². The highest BCUT2D eigenvalue weighted by molar-refractivity contribution is 6.32. The molecule has 0 saturated heterocycles. The Labute approximate surface area is 132 Å². The molecule has 0 aliphatic heterocycles.